The number of anilines is 1. The molecule has 1 aliphatic rings. The van der Waals surface area contributed by atoms with E-state index in [2.05, 4.69) is 15.3 Å². The minimum atomic E-state index is -0.124. The molecule has 0 spiro atoms. The van der Waals surface area contributed by atoms with Crippen molar-refractivity contribution < 1.29 is 5.11 Å². The van der Waals surface area contributed by atoms with E-state index in [9.17, 15) is 9.90 Å². The SMILES string of the molecule is CC(C)c1nc(NCC2CCC(O)CC2)cc(=O)[nH]1. The van der Waals surface area contributed by atoms with Gasteiger partial charge in [0.25, 0.3) is 5.56 Å². The van der Waals surface area contributed by atoms with Crippen LogP contribution >= 0.6 is 0 Å². The van der Waals surface area contributed by atoms with E-state index in [0.717, 1.165) is 32.2 Å². The van der Waals surface area contributed by atoms with Crippen molar-refractivity contribution in [2.24, 2.45) is 5.92 Å². The van der Waals surface area contributed by atoms with Gasteiger partial charge in [-0.3, -0.25) is 4.79 Å². The zero-order chi connectivity index (χ0) is 13.8. The van der Waals surface area contributed by atoms with Crippen molar-refractivity contribution in [1.29, 1.82) is 0 Å². The summed E-state index contributed by atoms with van der Waals surface area (Å²) in [4.78, 5) is 18.7. The molecule has 0 saturated heterocycles. The molecule has 0 unspecified atom stereocenters. The number of aliphatic hydroxyl groups excluding tert-OH is 1. The lowest BCUT2D eigenvalue weighted by Crippen LogP contribution is -2.24. The summed E-state index contributed by atoms with van der Waals surface area (Å²) in [6.07, 6.45) is 3.71. The van der Waals surface area contributed by atoms with Crippen molar-refractivity contribution in [2.45, 2.75) is 51.6 Å². The zero-order valence-electron chi connectivity index (χ0n) is 11.6. The molecule has 0 atom stereocenters. The third-order valence-corrected chi connectivity index (χ3v) is 3.69. The van der Waals surface area contributed by atoms with Crippen molar-refractivity contribution in [3.8, 4) is 0 Å². The summed E-state index contributed by atoms with van der Waals surface area (Å²) in [5.74, 6) is 2.14. The first-order valence-corrected chi connectivity index (χ1v) is 7.08. The molecule has 0 aliphatic heterocycles. The molecule has 2 rings (SSSR count). The summed E-state index contributed by atoms with van der Waals surface area (Å²) < 4.78 is 0. The summed E-state index contributed by atoms with van der Waals surface area (Å²) in [7, 11) is 0. The van der Waals surface area contributed by atoms with E-state index in [1.165, 1.54) is 6.07 Å². The average Bonchev–Trinajstić information content (AvgIpc) is 2.37. The summed E-state index contributed by atoms with van der Waals surface area (Å²) in [5.41, 5.74) is -0.111. The minimum absolute atomic E-state index is 0.111. The number of hydrogen-bond acceptors (Lipinski definition) is 4. The van der Waals surface area contributed by atoms with E-state index < -0.39 is 0 Å². The van der Waals surface area contributed by atoms with Gasteiger partial charge in [0.1, 0.15) is 11.6 Å². The van der Waals surface area contributed by atoms with Crippen molar-refractivity contribution in [3.63, 3.8) is 0 Å². The van der Waals surface area contributed by atoms with E-state index in [0.29, 0.717) is 17.6 Å². The standard InChI is InChI=1S/C14H23N3O2/c1-9(2)14-16-12(7-13(19)17-14)15-8-10-3-5-11(18)6-4-10/h7,9-11,18H,3-6,8H2,1-2H3,(H2,15,16,17,19). The molecule has 5 nitrogen and oxygen atoms in total. The van der Waals surface area contributed by atoms with Gasteiger partial charge in [-0.05, 0) is 31.6 Å². The van der Waals surface area contributed by atoms with E-state index in [4.69, 9.17) is 0 Å². The Balaban J connectivity index is 1.94. The maximum atomic E-state index is 11.5. The van der Waals surface area contributed by atoms with Crippen LogP contribution in [-0.2, 0) is 0 Å². The molecular weight excluding hydrogens is 242 g/mol. The molecule has 1 aromatic rings. The second-order valence-corrected chi connectivity index (χ2v) is 5.73. The van der Waals surface area contributed by atoms with Crippen LogP contribution in [0.3, 0.4) is 0 Å². The van der Waals surface area contributed by atoms with Crippen LogP contribution in [0, 0.1) is 5.92 Å². The Kier molecular flexibility index (Phi) is 4.58. The van der Waals surface area contributed by atoms with Gasteiger partial charge in [0.05, 0.1) is 6.10 Å². The minimum Gasteiger partial charge on any atom is -0.393 e. The molecule has 5 heteroatoms. The molecule has 0 bridgehead atoms. The third-order valence-electron chi connectivity index (χ3n) is 3.69. The van der Waals surface area contributed by atoms with Crippen LogP contribution in [0.5, 0.6) is 0 Å². The second kappa shape index (κ2) is 6.19. The maximum absolute atomic E-state index is 11.5. The average molecular weight is 265 g/mol. The molecule has 3 N–H and O–H groups in total. The van der Waals surface area contributed by atoms with Crippen molar-refractivity contribution in [3.05, 3.63) is 22.2 Å². The van der Waals surface area contributed by atoms with Crippen molar-refractivity contribution >= 4 is 5.82 Å². The molecule has 1 heterocycles. The molecule has 106 valence electrons. The predicted molar refractivity (Wildman–Crippen MR) is 75.4 cm³/mol. The van der Waals surface area contributed by atoms with Crippen LogP contribution in [0.4, 0.5) is 5.82 Å². The van der Waals surface area contributed by atoms with E-state index in [1.54, 1.807) is 0 Å². The molecule has 0 aromatic carbocycles. The lowest BCUT2D eigenvalue weighted by atomic mass is 9.87. The Morgan fingerprint density at radius 1 is 1.42 bits per heavy atom. The first-order valence-electron chi connectivity index (χ1n) is 7.08. The second-order valence-electron chi connectivity index (χ2n) is 5.73. The van der Waals surface area contributed by atoms with Gasteiger partial charge < -0.3 is 15.4 Å². The maximum Gasteiger partial charge on any atom is 0.252 e. The Labute approximate surface area is 113 Å². The number of aliphatic hydroxyl groups is 1. The predicted octanol–water partition coefficient (Wildman–Crippen LogP) is 1.86. The highest BCUT2D eigenvalue weighted by atomic mass is 16.3. The van der Waals surface area contributed by atoms with Crippen LogP contribution in [0.15, 0.2) is 10.9 Å². The largest absolute Gasteiger partial charge is 0.393 e. The molecule has 1 aliphatic carbocycles. The highest BCUT2D eigenvalue weighted by Gasteiger charge is 2.19. The first kappa shape index (κ1) is 14.1. The van der Waals surface area contributed by atoms with Crippen LogP contribution in [-0.4, -0.2) is 27.7 Å². The number of hydrogen-bond donors (Lipinski definition) is 3. The molecule has 1 fully saturated rings. The molecule has 0 radical (unpaired) electrons. The summed E-state index contributed by atoms with van der Waals surface area (Å²) in [5, 5.41) is 12.7. The number of H-pyrrole nitrogens is 1. The van der Waals surface area contributed by atoms with Crippen molar-refractivity contribution in [1.82, 2.24) is 9.97 Å². The first-order chi connectivity index (χ1) is 9.04. The van der Waals surface area contributed by atoms with Crippen molar-refractivity contribution in [2.75, 3.05) is 11.9 Å². The summed E-state index contributed by atoms with van der Waals surface area (Å²) in [6.45, 7) is 4.83. The van der Waals surface area contributed by atoms with Gasteiger partial charge in [0, 0.05) is 18.5 Å². The number of nitrogens with one attached hydrogen (secondary N) is 2. The van der Waals surface area contributed by atoms with Gasteiger partial charge in [0.15, 0.2) is 0 Å². The molecule has 1 saturated carbocycles. The Morgan fingerprint density at radius 2 is 2.11 bits per heavy atom. The lowest BCUT2D eigenvalue weighted by Gasteiger charge is -2.25. The molecule has 19 heavy (non-hydrogen) atoms. The number of rotatable bonds is 4. The fraction of sp³-hybridized carbons (Fsp3) is 0.714. The Bertz CT molecular complexity index is 462. The van der Waals surface area contributed by atoms with Gasteiger partial charge in [-0.1, -0.05) is 13.8 Å². The van der Waals surface area contributed by atoms with Crippen LogP contribution in [0.1, 0.15) is 51.3 Å². The van der Waals surface area contributed by atoms with Gasteiger partial charge >= 0.3 is 0 Å². The fourth-order valence-corrected chi connectivity index (χ4v) is 2.44. The quantitative estimate of drug-likeness (QED) is 0.776. The highest BCUT2D eigenvalue weighted by Crippen LogP contribution is 2.24. The summed E-state index contributed by atoms with van der Waals surface area (Å²) >= 11 is 0. The van der Waals surface area contributed by atoms with Gasteiger partial charge in [-0.25, -0.2) is 4.98 Å². The lowest BCUT2D eigenvalue weighted by molar-refractivity contribution is 0.111. The van der Waals surface area contributed by atoms with Crippen LogP contribution in [0.25, 0.3) is 0 Å². The number of aromatic amines is 1. The van der Waals surface area contributed by atoms with E-state index in [-0.39, 0.29) is 17.6 Å². The van der Waals surface area contributed by atoms with E-state index in [1.807, 2.05) is 13.8 Å². The molecule has 0 amide bonds. The van der Waals surface area contributed by atoms with Gasteiger partial charge in [-0.15, -0.1) is 0 Å². The Morgan fingerprint density at radius 3 is 2.74 bits per heavy atom. The van der Waals surface area contributed by atoms with Gasteiger partial charge in [-0.2, -0.15) is 0 Å². The van der Waals surface area contributed by atoms with Gasteiger partial charge in [0.2, 0.25) is 0 Å². The zero-order valence-corrected chi connectivity index (χ0v) is 11.6. The highest BCUT2D eigenvalue weighted by molar-refractivity contribution is 5.33. The number of nitrogens with zero attached hydrogens (tertiary/aromatic N) is 1. The fourth-order valence-electron chi connectivity index (χ4n) is 2.44. The van der Waals surface area contributed by atoms with E-state index >= 15 is 0 Å². The number of aromatic nitrogens is 2. The van der Waals surface area contributed by atoms with Crippen LogP contribution < -0.4 is 10.9 Å². The summed E-state index contributed by atoms with van der Waals surface area (Å²) in [6, 6.07) is 1.50. The monoisotopic (exact) mass is 265 g/mol. The molecule has 1 aromatic heterocycles. The normalized spacial score (nSPS) is 23.6. The topological polar surface area (TPSA) is 78.0 Å². The molecular formula is C14H23N3O2. The third kappa shape index (κ3) is 4.06. The smallest absolute Gasteiger partial charge is 0.252 e. The Hall–Kier alpha value is -1.36. The van der Waals surface area contributed by atoms with Crippen LogP contribution in [0.2, 0.25) is 0 Å².